The Balaban J connectivity index is 2.02. The van der Waals surface area contributed by atoms with Gasteiger partial charge in [-0.3, -0.25) is 4.79 Å². The lowest BCUT2D eigenvalue weighted by Gasteiger charge is -2.34. The highest BCUT2D eigenvalue weighted by atomic mass is 35.5. The smallest absolute Gasteiger partial charge is 0.229 e. The molecule has 0 aliphatic carbocycles. The Kier molecular flexibility index (Phi) is 4.25. The fraction of sp³-hybridized carbons (Fsp3) is 0.500. The Labute approximate surface area is 113 Å². The normalized spacial score (nSPS) is 18.7. The summed E-state index contributed by atoms with van der Waals surface area (Å²) in [5, 5.41) is 0.706. The Morgan fingerprint density at radius 3 is 2.28 bits per heavy atom. The summed E-state index contributed by atoms with van der Waals surface area (Å²) >= 11 is 5.86. The first-order valence-corrected chi connectivity index (χ1v) is 6.68. The van der Waals surface area contributed by atoms with E-state index in [1.807, 2.05) is 36.1 Å². The van der Waals surface area contributed by atoms with Gasteiger partial charge in [0.05, 0.1) is 5.92 Å². The van der Waals surface area contributed by atoms with Gasteiger partial charge in [0.15, 0.2) is 0 Å². The van der Waals surface area contributed by atoms with Crippen molar-refractivity contribution in [1.82, 2.24) is 9.80 Å². The molecule has 0 spiro atoms. The van der Waals surface area contributed by atoms with Crippen LogP contribution in [0.2, 0.25) is 5.02 Å². The lowest BCUT2D eigenvalue weighted by molar-refractivity contribution is -0.134. The van der Waals surface area contributed by atoms with Gasteiger partial charge < -0.3 is 9.80 Å². The molecule has 1 fully saturated rings. The summed E-state index contributed by atoms with van der Waals surface area (Å²) in [6.07, 6.45) is 0. The number of carbonyl (C=O) groups excluding carboxylic acids is 1. The zero-order chi connectivity index (χ0) is 13.1. The van der Waals surface area contributed by atoms with Crippen LogP contribution in [0.5, 0.6) is 0 Å². The van der Waals surface area contributed by atoms with E-state index in [0.29, 0.717) is 5.02 Å². The lowest BCUT2D eigenvalue weighted by atomic mass is 9.99. The average molecular weight is 267 g/mol. The molecule has 1 aromatic rings. The first kappa shape index (κ1) is 13.4. The van der Waals surface area contributed by atoms with Gasteiger partial charge in [-0.2, -0.15) is 0 Å². The van der Waals surface area contributed by atoms with Gasteiger partial charge in [-0.05, 0) is 31.7 Å². The van der Waals surface area contributed by atoms with E-state index in [1.54, 1.807) is 0 Å². The van der Waals surface area contributed by atoms with Crippen molar-refractivity contribution in [2.24, 2.45) is 0 Å². The average Bonchev–Trinajstić information content (AvgIpc) is 2.39. The first-order chi connectivity index (χ1) is 8.58. The largest absolute Gasteiger partial charge is 0.340 e. The van der Waals surface area contributed by atoms with E-state index in [-0.39, 0.29) is 11.8 Å². The third-order valence-electron chi connectivity index (χ3n) is 3.56. The molecule has 1 saturated heterocycles. The molecule has 98 valence electrons. The summed E-state index contributed by atoms with van der Waals surface area (Å²) in [4.78, 5) is 16.6. The summed E-state index contributed by atoms with van der Waals surface area (Å²) < 4.78 is 0. The number of nitrogens with zero attached hydrogens (tertiary/aromatic N) is 2. The van der Waals surface area contributed by atoms with Crippen molar-refractivity contribution in [1.29, 1.82) is 0 Å². The molecular weight excluding hydrogens is 248 g/mol. The van der Waals surface area contributed by atoms with Crippen LogP contribution in [0, 0.1) is 0 Å². The van der Waals surface area contributed by atoms with Crippen LogP contribution in [0.15, 0.2) is 24.3 Å². The van der Waals surface area contributed by atoms with Crippen molar-refractivity contribution in [3.63, 3.8) is 0 Å². The molecule has 1 aliphatic rings. The van der Waals surface area contributed by atoms with E-state index >= 15 is 0 Å². The standard InChI is InChI=1S/C14H19ClN2O/c1-11(12-3-5-13(15)6-4-12)14(18)17-9-7-16(2)8-10-17/h3-6,11H,7-10H2,1-2H3. The van der Waals surface area contributed by atoms with Gasteiger partial charge in [0.1, 0.15) is 0 Å². The minimum atomic E-state index is -0.0920. The summed E-state index contributed by atoms with van der Waals surface area (Å²) in [6.45, 7) is 5.53. The Morgan fingerprint density at radius 1 is 1.17 bits per heavy atom. The van der Waals surface area contributed by atoms with Gasteiger partial charge in [0.25, 0.3) is 0 Å². The van der Waals surface area contributed by atoms with Crippen molar-refractivity contribution in [2.75, 3.05) is 33.2 Å². The SMILES string of the molecule is CC(C(=O)N1CCN(C)CC1)c1ccc(Cl)cc1. The van der Waals surface area contributed by atoms with Gasteiger partial charge in [-0.1, -0.05) is 23.7 Å². The van der Waals surface area contributed by atoms with Crippen LogP contribution >= 0.6 is 11.6 Å². The summed E-state index contributed by atoms with van der Waals surface area (Å²) in [5.41, 5.74) is 1.03. The highest BCUT2D eigenvalue weighted by molar-refractivity contribution is 6.30. The number of piperazine rings is 1. The van der Waals surface area contributed by atoms with Crippen LogP contribution < -0.4 is 0 Å². The number of carbonyl (C=O) groups is 1. The van der Waals surface area contributed by atoms with Crippen molar-refractivity contribution in [3.8, 4) is 0 Å². The Morgan fingerprint density at radius 2 is 1.72 bits per heavy atom. The van der Waals surface area contributed by atoms with Gasteiger partial charge in [0, 0.05) is 31.2 Å². The molecule has 2 rings (SSSR count). The van der Waals surface area contributed by atoms with Crippen LogP contribution in [-0.2, 0) is 4.79 Å². The van der Waals surface area contributed by atoms with Crippen molar-refractivity contribution in [3.05, 3.63) is 34.9 Å². The molecule has 1 amide bonds. The molecule has 1 heterocycles. The zero-order valence-electron chi connectivity index (χ0n) is 10.9. The predicted molar refractivity (Wildman–Crippen MR) is 73.9 cm³/mol. The minimum absolute atomic E-state index is 0.0920. The van der Waals surface area contributed by atoms with Crippen LogP contribution in [0.4, 0.5) is 0 Å². The maximum atomic E-state index is 12.4. The second-order valence-corrected chi connectivity index (χ2v) is 5.34. The molecule has 0 saturated carbocycles. The van der Waals surface area contributed by atoms with Crippen molar-refractivity contribution < 1.29 is 4.79 Å². The Hall–Kier alpha value is -1.06. The fourth-order valence-corrected chi connectivity index (χ4v) is 2.32. The van der Waals surface area contributed by atoms with Gasteiger partial charge in [-0.25, -0.2) is 0 Å². The third kappa shape index (κ3) is 3.03. The van der Waals surface area contributed by atoms with E-state index < -0.39 is 0 Å². The molecule has 3 nitrogen and oxygen atoms in total. The van der Waals surface area contributed by atoms with Crippen LogP contribution in [0.25, 0.3) is 0 Å². The molecule has 0 N–H and O–H groups in total. The van der Waals surface area contributed by atoms with Gasteiger partial charge in [-0.15, -0.1) is 0 Å². The fourth-order valence-electron chi connectivity index (χ4n) is 2.19. The van der Waals surface area contributed by atoms with Crippen LogP contribution in [-0.4, -0.2) is 48.9 Å². The predicted octanol–water partition coefficient (Wildman–Crippen LogP) is 2.22. The number of amides is 1. The van der Waals surface area contributed by atoms with E-state index in [9.17, 15) is 4.79 Å². The number of likely N-dealkylation sites (N-methyl/N-ethyl adjacent to an activating group) is 1. The molecular formula is C14H19ClN2O. The maximum Gasteiger partial charge on any atom is 0.229 e. The number of halogens is 1. The van der Waals surface area contributed by atoms with Crippen molar-refractivity contribution in [2.45, 2.75) is 12.8 Å². The topological polar surface area (TPSA) is 23.6 Å². The monoisotopic (exact) mass is 266 g/mol. The van der Waals surface area contributed by atoms with Crippen LogP contribution in [0.3, 0.4) is 0 Å². The van der Waals surface area contributed by atoms with Gasteiger partial charge in [0.2, 0.25) is 5.91 Å². The van der Waals surface area contributed by atoms with E-state index in [1.165, 1.54) is 0 Å². The third-order valence-corrected chi connectivity index (χ3v) is 3.81. The minimum Gasteiger partial charge on any atom is -0.340 e. The molecule has 0 aromatic heterocycles. The molecule has 0 bridgehead atoms. The second-order valence-electron chi connectivity index (χ2n) is 4.90. The number of hydrogen-bond donors (Lipinski definition) is 0. The molecule has 0 radical (unpaired) electrons. The molecule has 1 aromatic carbocycles. The Bertz CT molecular complexity index is 410. The number of hydrogen-bond acceptors (Lipinski definition) is 2. The summed E-state index contributed by atoms with van der Waals surface area (Å²) in [7, 11) is 2.09. The highest BCUT2D eigenvalue weighted by Crippen LogP contribution is 2.20. The number of benzene rings is 1. The lowest BCUT2D eigenvalue weighted by Crippen LogP contribution is -2.48. The van der Waals surface area contributed by atoms with Crippen molar-refractivity contribution >= 4 is 17.5 Å². The quantitative estimate of drug-likeness (QED) is 0.820. The second kappa shape index (κ2) is 5.72. The first-order valence-electron chi connectivity index (χ1n) is 6.30. The molecule has 4 heteroatoms. The highest BCUT2D eigenvalue weighted by Gasteiger charge is 2.24. The van der Waals surface area contributed by atoms with E-state index in [4.69, 9.17) is 11.6 Å². The summed E-state index contributed by atoms with van der Waals surface area (Å²) in [5.74, 6) is 0.121. The molecule has 1 aliphatic heterocycles. The molecule has 18 heavy (non-hydrogen) atoms. The van der Waals surface area contributed by atoms with Crippen LogP contribution in [0.1, 0.15) is 18.4 Å². The zero-order valence-corrected chi connectivity index (χ0v) is 11.7. The number of rotatable bonds is 2. The van der Waals surface area contributed by atoms with E-state index in [0.717, 1.165) is 31.7 Å². The van der Waals surface area contributed by atoms with Gasteiger partial charge >= 0.3 is 0 Å². The molecule has 1 atom stereocenters. The van der Waals surface area contributed by atoms with E-state index in [2.05, 4.69) is 11.9 Å². The summed E-state index contributed by atoms with van der Waals surface area (Å²) in [6, 6.07) is 7.54. The molecule has 1 unspecified atom stereocenters. The maximum absolute atomic E-state index is 12.4.